The van der Waals surface area contributed by atoms with E-state index in [-0.39, 0.29) is 17.2 Å². The van der Waals surface area contributed by atoms with Gasteiger partial charge in [-0.3, -0.25) is 4.79 Å². The maximum absolute atomic E-state index is 12.5. The number of sulfone groups is 1. The zero-order valence-electron chi connectivity index (χ0n) is 14.4. The van der Waals surface area contributed by atoms with Crippen molar-refractivity contribution in [2.45, 2.75) is 25.2 Å². The van der Waals surface area contributed by atoms with Gasteiger partial charge in [-0.1, -0.05) is 12.1 Å². The molecule has 0 radical (unpaired) electrons. The quantitative estimate of drug-likeness (QED) is 0.772. The molecule has 0 unspecified atom stereocenters. The molecule has 0 spiro atoms. The standard InChI is InChI=1S/C19H17N3O3S/c1-12-3-6-18-20-13(2)16(22(18)11-12)10-19(23)21-15-5-4-14-7-8-26(24,25)17(14)9-15/h3-9,11H,10H2,1-2H3,(H,21,23). The Hall–Kier alpha value is -2.93. The van der Waals surface area contributed by atoms with Crippen LogP contribution in [0.5, 0.6) is 0 Å². The van der Waals surface area contributed by atoms with Crippen molar-refractivity contribution in [1.82, 2.24) is 9.38 Å². The van der Waals surface area contributed by atoms with Crippen molar-refractivity contribution in [3.8, 4) is 0 Å². The third-order valence-corrected chi connectivity index (χ3v) is 5.89. The number of hydrogen-bond acceptors (Lipinski definition) is 4. The van der Waals surface area contributed by atoms with Crippen LogP contribution in [0.15, 0.2) is 46.8 Å². The van der Waals surface area contributed by atoms with Gasteiger partial charge in [0.15, 0.2) is 0 Å². The normalized spacial score (nSPS) is 14.5. The van der Waals surface area contributed by atoms with E-state index >= 15 is 0 Å². The van der Waals surface area contributed by atoms with Gasteiger partial charge in [0.05, 0.1) is 22.7 Å². The van der Waals surface area contributed by atoms with Crippen LogP contribution in [0, 0.1) is 13.8 Å². The number of aryl methyl sites for hydroxylation is 2. The fourth-order valence-corrected chi connectivity index (χ4v) is 4.35. The van der Waals surface area contributed by atoms with Gasteiger partial charge >= 0.3 is 0 Å². The van der Waals surface area contributed by atoms with Crippen LogP contribution in [0.1, 0.15) is 22.5 Å². The summed E-state index contributed by atoms with van der Waals surface area (Å²) in [6.45, 7) is 3.86. The number of carbonyl (C=O) groups excluding carboxylic acids is 1. The first kappa shape index (κ1) is 16.5. The Morgan fingerprint density at radius 2 is 2.00 bits per heavy atom. The predicted molar refractivity (Wildman–Crippen MR) is 99.7 cm³/mol. The minimum absolute atomic E-state index is 0.151. The molecule has 0 atom stereocenters. The lowest BCUT2D eigenvalue weighted by atomic mass is 10.2. The number of rotatable bonds is 3. The number of nitrogens with zero attached hydrogens (tertiary/aromatic N) is 2. The van der Waals surface area contributed by atoms with Crippen molar-refractivity contribution in [3.05, 3.63) is 64.5 Å². The van der Waals surface area contributed by atoms with E-state index in [2.05, 4.69) is 10.3 Å². The van der Waals surface area contributed by atoms with E-state index in [9.17, 15) is 13.2 Å². The molecule has 7 heteroatoms. The molecule has 4 rings (SSSR count). The maximum atomic E-state index is 12.5. The fraction of sp³-hybridized carbons (Fsp3) is 0.158. The summed E-state index contributed by atoms with van der Waals surface area (Å²) >= 11 is 0. The van der Waals surface area contributed by atoms with Gasteiger partial charge in [0.1, 0.15) is 5.65 Å². The van der Waals surface area contributed by atoms with Gasteiger partial charge in [-0.2, -0.15) is 0 Å². The van der Waals surface area contributed by atoms with E-state index in [0.29, 0.717) is 11.3 Å². The van der Waals surface area contributed by atoms with Crippen LogP contribution in [0.3, 0.4) is 0 Å². The van der Waals surface area contributed by atoms with Gasteiger partial charge in [0, 0.05) is 17.3 Å². The van der Waals surface area contributed by atoms with Crippen LogP contribution in [-0.2, 0) is 21.1 Å². The van der Waals surface area contributed by atoms with Crippen LogP contribution >= 0.6 is 0 Å². The highest BCUT2D eigenvalue weighted by molar-refractivity contribution is 7.94. The van der Waals surface area contributed by atoms with Gasteiger partial charge in [-0.05, 0) is 49.2 Å². The fourth-order valence-electron chi connectivity index (χ4n) is 3.12. The lowest BCUT2D eigenvalue weighted by molar-refractivity contribution is -0.115. The lowest BCUT2D eigenvalue weighted by Gasteiger charge is -2.08. The molecule has 1 amide bonds. The van der Waals surface area contributed by atoms with Crippen molar-refractivity contribution in [2.24, 2.45) is 0 Å². The Morgan fingerprint density at radius 3 is 2.81 bits per heavy atom. The topological polar surface area (TPSA) is 80.5 Å². The number of imidazole rings is 1. The van der Waals surface area contributed by atoms with Gasteiger partial charge in [-0.25, -0.2) is 13.4 Å². The number of hydrogen-bond donors (Lipinski definition) is 1. The Bertz CT molecular complexity index is 1190. The van der Waals surface area contributed by atoms with Gasteiger partial charge in [0.25, 0.3) is 0 Å². The number of aromatic nitrogens is 2. The summed E-state index contributed by atoms with van der Waals surface area (Å²) in [6.07, 6.45) is 3.66. The zero-order valence-corrected chi connectivity index (χ0v) is 15.2. The van der Waals surface area contributed by atoms with Crippen LogP contribution in [-0.4, -0.2) is 23.7 Å². The SMILES string of the molecule is Cc1ccc2nc(C)c(CC(=O)Nc3ccc4c(c3)S(=O)(=O)C=C4)n2c1. The van der Waals surface area contributed by atoms with Crippen molar-refractivity contribution >= 4 is 33.2 Å². The monoisotopic (exact) mass is 367 g/mol. The molecule has 1 aromatic carbocycles. The Labute approximate surface area is 151 Å². The molecule has 0 aliphatic carbocycles. The molecule has 1 aliphatic rings. The number of benzene rings is 1. The molecule has 0 saturated carbocycles. The van der Waals surface area contributed by atoms with Crippen molar-refractivity contribution in [1.29, 1.82) is 0 Å². The number of fused-ring (bicyclic) bond motifs is 2. The molecular weight excluding hydrogens is 350 g/mol. The first-order valence-electron chi connectivity index (χ1n) is 8.15. The van der Waals surface area contributed by atoms with Gasteiger partial charge < -0.3 is 9.72 Å². The molecule has 3 heterocycles. The first-order chi connectivity index (χ1) is 12.3. The molecule has 6 nitrogen and oxygen atoms in total. The van der Waals surface area contributed by atoms with E-state index in [0.717, 1.165) is 22.6 Å². The van der Waals surface area contributed by atoms with Crippen molar-refractivity contribution in [2.75, 3.05) is 5.32 Å². The molecule has 0 bridgehead atoms. The summed E-state index contributed by atoms with van der Waals surface area (Å²) in [5.74, 6) is -0.222. The molecule has 2 aromatic heterocycles. The summed E-state index contributed by atoms with van der Waals surface area (Å²) in [4.78, 5) is 17.2. The number of carbonyl (C=O) groups is 1. The molecule has 132 valence electrons. The smallest absolute Gasteiger partial charge is 0.230 e. The van der Waals surface area contributed by atoms with E-state index in [1.165, 1.54) is 11.5 Å². The van der Waals surface area contributed by atoms with E-state index < -0.39 is 9.84 Å². The highest BCUT2D eigenvalue weighted by Gasteiger charge is 2.21. The minimum Gasteiger partial charge on any atom is -0.326 e. The first-order valence-corrected chi connectivity index (χ1v) is 9.69. The summed E-state index contributed by atoms with van der Waals surface area (Å²) in [6, 6.07) is 8.78. The third-order valence-electron chi connectivity index (χ3n) is 4.42. The number of anilines is 1. The molecule has 1 aliphatic heterocycles. The third kappa shape index (κ3) is 2.80. The van der Waals surface area contributed by atoms with E-state index in [1.54, 1.807) is 18.2 Å². The number of amides is 1. The van der Waals surface area contributed by atoms with Crippen molar-refractivity contribution in [3.63, 3.8) is 0 Å². The second-order valence-corrected chi connectivity index (χ2v) is 8.21. The number of nitrogens with one attached hydrogen (secondary N) is 1. The summed E-state index contributed by atoms with van der Waals surface area (Å²) < 4.78 is 25.8. The van der Waals surface area contributed by atoms with Crippen LogP contribution in [0.4, 0.5) is 5.69 Å². The lowest BCUT2D eigenvalue weighted by Crippen LogP contribution is -2.16. The number of pyridine rings is 1. The summed E-state index contributed by atoms with van der Waals surface area (Å²) in [5.41, 5.74) is 4.58. The van der Waals surface area contributed by atoms with E-state index in [4.69, 9.17) is 0 Å². The minimum atomic E-state index is -3.40. The largest absolute Gasteiger partial charge is 0.326 e. The summed E-state index contributed by atoms with van der Waals surface area (Å²) in [7, 11) is -3.40. The summed E-state index contributed by atoms with van der Waals surface area (Å²) in [5, 5.41) is 3.96. The molecule has 0 saturated heterocycles. The Morgan fingerprint density at radius 1 is 1.19 bits per heavy atom. The molecule has 1 N–H and O–H groups in total. The van der Waals surface area contributed by atoms with E-state index in [1.807, 2.05) is 36.6 Å². The molecule has 0 fully saturated rings. The Balaban J connectivity index is 1.59. The van der Waals surface area contributed by atoms with Gasteiger partial charge in [-0.15, -0.1) is 0 Å². The second-order valence-electron chi connectivity index (χ2n) is 6.40. The highest BCUT2D eigenvalue weighted by Crippen LogP contribution is 2.29. The second kappa shape index (κ2) is 5.81. The Kier molecular flexibility index (Phi) is 3.69. The van der Waals surface area contributed by atoms with Crippen molar-refractivity contribution < 1.29 is 13.2 Å². The zero-order chi connectivity index (χ0) is 18.5. The molecule has 3 aromatic rings. The predicted octanol–water partition coefficient (Wildman–Crippen LogP) is 2.89. The van der Waals surface area contributed by atoms with Crippen LogP contribution < -0.4 is 5.32 Å². The maximum Gasteiger partial charge on any atom is 0.230 e. The highest BCUT2D eigenvalue weighted by atomic mass is 32.2. The average molecular weight is 367 g/mol. The molecular formula is C19H17N3O3S. The molecule has 26 heavy (non-hydrogen) atoms. The van der Waals surface area contributed by atoms with Crippen LogP contribution in [0.25, 0.3) is 11.7 Å². The van der Waals surface area contributed by atoms with Gasteiger partial charge in [0.2, 0.25) is 15.7 Å². The van der Waals surface area contributed by atoms with Crippen LogP contribution in [0.2, 0.25) is 0 Å². The average Bonchev–Trinajstić information content (AvgIpc) is 3.05.